The maximum absolute atomic E-state index is 11.6. The Hall–Kier alpha value is -1.87. The van der Waals surface area contributed by atoms with Gasteiger partial charge in [0.2, 0.25) is 0 Å². The number of allylic oxidation sites excluding steroid dienone is 2. The third kappa shape index (κ3) is 3.37. The molecular formula is C13H14O3. The van der Waals surface area contributed by atoms with E-state index in [2.05, 4.69) is 6.58 Å². The van der Waals surface area contributed by atoms with E-state index >= 15 is 0 Å². The van der Waals surface area contributed by atoms with Gasteiger partial charge in [-0.3, -0.25) is 0 Å². The number of rotatable bonds is 5. The molecule has 0 spiro atoms. The Bertz CT molecular complexity index is 368. The molecule has 0 aromatic heterocycles. The lowest BCUT2D eigenvalue weighted by molar-refractivity contribution is -0.149. The van der Waals surface area contributed by atoms with Crippen LogP contribution in [0.4, 0.5) is 0 Å². The van der Waals surface area contributed by atoms with Gasteiger partial charge in [0, 0.05) is 7.11 Å². The van der Waals surface area contributed by atoms with E-state index in [0.29, 0.717) is 0 Å². The number of esters is 1. The number of carbonyl (C=O) groups is 1. The summed E-state index contributed by atoms with van der Waals surface area (Å²) in [6.45, 7) is 3.47. The van der Waals surface area contributed by atoms with Gasteiger partial charge in [0.05, 0.1) is 6.26 Å². The fourth-order valence-electron chi connectivity index (χ4n) is 1.22. The molecule has 1 aromatic rings. The molecule has 1 aromatic carbocycles. The highest BCUT2D eigenvalue weighted by Crippen LogP contribution is 2.17. The molecule has 0 radical (unpaired) electrons. The minimum Gasteiger partial charge on any atom is -0.432 e. The SMILES string of the molecule is C=C/C=C/OC(=O)[C@@H](OC)c1ccccc1. The fourth-order valence-corrected chi connectivity index (χ4v) is 1.22. The van der Waals surface area contributed by atoms with Crippen molar-refractivity contribution in [2.24, 2.45) is 0 Å². The van der Waals surface area contributed by atoms with Crippen LogP contribution in [0.15, 0.2) is 55.3 Å². The molecule has 0 aliphatic heterocycles. The van der Waals surface area contributed by atoms with Gasteiger partial charge in [0.1, 0.15) is 0 Å². The maximum atomic E-state index is 11.6. The standard InChI is InChI=1S/C13H14O3/c1-3-4-10-16-13(14)12(15-2)11-8-6-5-7-9-11/h3-10,12H,1H2,2H3/b10-4+/t12-/m0/s1. The molecule has 0 saturated heterocycles. The number of ether oxygens (including phenoxy) is 2. The van der Waals surface area contributed by atoms with Crippen molar-refractivity contribution in [3.8, 4) is 0 Å². The first kappa shape index (κ1) is 12.2. The normalized spacial score (nSPS) is 12.3. The summed E-state index contributed by atoms with van der Waals surface area (Å²) in [4.78, 5) is 11.6. The highest BCUT2D eigenvalue weighted by Gasteiger charge is 2.20. The van der Waals surface area contributed by atoms with Crippen molar-refractivity contribution in [3.05, 3.63) is 60.9 Å². The summed E-state index contributed by atoms with van der Waals surface area (Å²) in [5.74, 6) is -0.452. The van der Waals surface area contributed by atoms with Crippen LogP contribution in [-0.4, -0.2) is 13.1 Å². The quantitative estimate of drug-likeness (QED) is 0.433. The Morgan fingerprint density at radius 2 is 2.06 bits per heavy atom. The van der Waals surface area contributed by atoms with Crippen LogP contribution in [0.2, 0.25) is 0 Å². The molecule has 0 aliphatic rings. The van der Waals surface area contributed by atoms with E-state index in [1.807, 2.05) is 30.3 Å². The van der Waals surface area contributed by atoms with Crippen LogP contribution in [0.1, 0.15) is 11.7 Å². The minimum atomic E-state index is -0.698. The highest BCUT2D eigenvalue weighted by atomic mass is 16.6. The molecule has 0 bridgehead atoms. The van der Waals surface area contributed by atoms with Crippen molar-refractivity contribution < 1.29 is 14.3 Å². The molecule has 1 rings (SSSR count). The Balaban J connectivity index is 2.71. The lowest BCUT2D eigenvalue weighted by Crippen LogP contribution is -2.15. The first-order valence-corrected chi connectivity index (χ1v) is 4.85. The van der Waals surface area contributed by atoms with Crippen LogP contribution in [0.3, 0.4) is 0 Å². The smallest absolute Gasteiger partial charge is 0.344 e. The van der Waals surface area contributed by atoms with E-state index < -0.39 is 12.1 Å². The van der Waals surface area contributed by atoms with E-state index in [1.54, 1.807) is 0 Å². The van der Waals surface area contributed by atoms with Crippen molar-refractivity contribution in [2.75, 3.05) is 7.11 Å². The first-order valence-electron chi connectivity index (χ1n) is 4.85. The summed E-state index contributed by atoms with van der Waals surface area (Å²) in [6.07, 6.45) is 3.65. The number of benzene rings is 1. The van der Waals surface area contributed by atoms with E-state index in [0.717, 1.165) is 5.56 Å². The molecule has 0 amide bonds. The van der Waals surface area contributed by atoms with Crippen LogP contribution >= 0.6 is 0 Å². The second-order valence-corrected chi connectivity index (χ2v) is 3.03. The molecule has 1 atom stereocenters. The van der Waals surface area contributed by atoms with Crippen molar-refractivity contribution in [2.45, 2.75) is 6.10 Å². The molecule has 0 N–H and O–H groups in total. The molecule has 84 valence electrons. The van der Waals surface area contributed by atoms with Crippen LogP contribution in [0, 0.1) is 0 Å². The van der Waals surface area contributed by atoms with Gasteiger partial charge in [0.15, 0.2) is 6.10 Å². The maximum Gasteiger partial charge on any atom is 0.344 e. The van der Waals surface area contributed by atoms with Gasteiger partial charge in [-0.05, 0) is 11.6 Å². The van der Waals surface area contributed by atoms with E-state index in [-0.39, 0.29) is 0 Å². The highest BCUT2D eigenvalue weighted by molar-refractivity contribution is 5.77. The van der Waals surface area contributed by atoms with Gasteiger partial charge < -0.3 is 9.47 Å². The number of hydrogen-bond acceptors (Lipinski definition) is 3. The van der Waals surface area contributed by atoms with E-state index in [9.17, 15) is 4.79 Å². The van der Waals surface area contributed by atoms with E-state index in [4.69, 9.17) is 9.47 Å². The lowest BCUT2D eigenvalue weighted by Gasteiger charge is -2.12. The Morgan fingerprint density at radius 1 is 1.38 bits per heavy atom. The molecule has 0 heterocycles. The Labute approximate surface area is 95.0 Å². The van der Waals surface area contributed by atoms with Gasteiger partial charge in [0.25, 0.3) is 0 Å². The Kier molecular flexibility index (Phi) is 5.02. The fraction of sp³-hybridized carbons (Fsp3) is 0.154. The molecule has 3 heteroatoms. The van der Waals surface area contributed by atoms with Gasteiger partial charge in [-0.15, -0.1) is 0 Å². The molecule has 0 fully saturated rings. The third-order valence-electron chi connectivity index (χ3n) is 1.95. The monoisotopic (exact) mass is 218 g/mol. The van der Waals surface area contributed by atoms with Gasteiger partial charge in [-0.25, -0.2) is 4.79 Å². The van der Waals surface area contributed by atoms with E-state index in [1.165, 1.54) is 25.5 Å². The second kappa shape index (κ2) is 6.58. The molecule has 0 unspecified atom stereocenters. The summed E-state index contributed by atoms with van der Waals surface area (Å²) < 4.78 is 9.97. The average molecular weight is 218 g/mol. The summed E-state index contributed by atoms with van der Waals surface area (Å²) >= 11 is 0. The van der Waals surface area contributed by atoms with Crippen LogP contribution in [0.25, 0.3) is 0 Å². The van der Waals surface area contributed by atoms with Crippen LogP contribution < -0.4 is 0 Å². The summed E-state index contributed by atoms with van der Waals surface area (Å²) in [5, 5.41) is 0. The summed E-state index contributed by atoms with van der Waals surface area (Å²) in [5.41, 5.74) is 0.766. The third-order valence-corrected chi connectivity index (χ3v) is 1.95. The van der Waals surface area contributed by atoms with Crippen molar-refractivity contribution >= 4 is 5.97 Å². The zero-order chi connectivity index (χ0) is 11.8. The average Bonchev–Trinajstić information content (AvgIpc) is 2.32. The zero-order valence-electron chi connectivity index (χ0n) is 9.13. The van der Waals surface area contributed by atoms with Gasteiger partial charge >= 0.3 is 5.97 Å². The van der Waals surface area contributed by atoms with Crippen molar-refractivity contribution in [3.63, 3.8) is 0 Å². The Morgan fingerprint density at radius 3 is 2.62 bits per heavy atom. The predicted molar refractivity (Wildman–Crippen MR) is 61.6 cm³/mol. The van der Waals surface area contributed by atoms with Gasteiger partial charge in [-0.1, -0.05) is 43.0 Å². The van der Waals surface area contributed by atoms with Crippen LogP contribution in [-0.2, 0) is 14.3 Å². The zero-order valence-corrected chi connectivity index (χ0v) is 9.13. The lowest BCUT2D eigenvalue weighted by atomic mass is 10.1. The van der Waals surface area contributed by atoms with Gasteiger partial charge in [-0.2, -0.15) is 0 Å². The minimum absolute atomic E-state index is 0.452. The summed E-state index contributed by atoms with van der Waals surface area (Å²) in [6, 6.07) is 9.18. The molecular weight excluding hydrogens is 204 g/mol. The largest absolute Gasteiger partial charge is 0.432 e. The second-order valence-electron chi connectivity index (χ2n) is 3.03. The number of carbonyl (C=O) groups excluding carboxylic acids is 1. The summed E-state index contributed by atoms with van der Waals surface area (Å²) in [7, 11) is 1.47. The predicted octanol–water partition coefficient (Wildman–Crippen LogP) is 2.62. The molecule has 0 saturated carbocycles. The first-order chi connectivity index (χ1) is 7.79. The molecule has 16 heavy (non-hydrogen) atoms. The topological polar surface area (TPSA) is 35.5 Å². The molecule has 0 aliphatic carbocycles. The van der Waals surface area contributed by atoms with Crippen LogP contribution in [0.5, 0.6) is 0 Å². The van der Waals surface area contributed by atoms with Crippen molar-refractivity contribution in [1.29, 1.82) is 0 Å². The number of methoxy groups -OCH3 is 1. The molecule has 3 nitrogen and oxygen atoms in total. The number of hydrogen-bond donors (Lipinski definition) is 0. The van der Waals surface area contributed by atoms with Crippen molar-refractivity contribution in [1.82, 2.24) is 0 Å².